The number of hydrogen-bond donors (Lipinski definition) is 3. The van der Waals surface area contributed by atoms with Crippen LogP contribution >= 0.6 is 0 Å². The fourth-order valence-electron chi connectivity index (χ4n) is 3.37. The number of para-hydroxylation sites is 1. The number of H-pyrrole nitrogens is 1. The van der Waals surface area contributed by atoms with Gasteiger partial charge in [0, 0.05) is 23.1 Å². The Labute approximate surface area is 189 Å². The van der Waals surface area contributed by atoms with Gasteiger partial charge in [0.2, 0.25) is 6.41 Å². The zero-order valence-corrected chi connectivity index (χ0v) is 17.9. The minimum atomic E-state index is -0.385. The fraction of sp³-hybridized carbons (Fsp3) is 0.0800. The smallest absolute Gasteiger partial charge is 0.258 e. The molecule has 2 aromatic carbocycles. The number of nitrogens with zero attached hydrogens (tertiary/aromatic N) is 2. The van der Waals surface area contributed by atoms with Crippen LogP contribution in [0, 0.1) is 5.82 Å². The number of rotatable bonds is 8. The average Bonchev–Trinajstić information content (AvgIpc) is 3.43. The molecule has 2 heterocycles. The molecule has 2 aromatic heterocycles. The topological polar surface area (TPSA) is 91.8 Å². The average molecular weight is 443 g/mol. The highest BCUT2D eigenvalue weighted by Crippen LogP contribution is 2.16. The van der Waals surface area contributed by atoms with Crippen LogP contribution < -0.4 is 10.6 Å². The molecule has 3 N–H and O–H groups in total. The van der Waals surface area contributed by atoms with E-state index >= 15 is 0 Å². The zero-order valence-electron chi connectivity index (χ0n) is 17.9. The molecule has 0 aliphatic carbocycles. The Morgan fingerprint density at radius 3 is 2.82 bits per heavy atom. The summed E-state index contributed by atoms with van der Waals surface area (Å²) < 4.78 is 15.0. The van der Waals surface area contributed by atoms with Gasteiger partial charge in [-0.15, -0.1) is 0 Å². The molecule has 7 nitrogen and oxygen atoms in total. The molecule has 166 valence electrons. The standard InChI is InChI=1S/C25H22FN5O2/c1-17(27-16-32)23(10-9-22-12-19-6-2-3-8-24(19)29-22)30-25(33)20-13-28-31(15-20)14-18-5-4-7-21(26)11-18/h2-13,15-16,29H,14H2,1H3,(H,27,32)(H,30,33)/b10-9+,23-17+. The van der Waals surface area contributed by atoms with Crippen molar-refractivity contribution in [3.8, 4) is 0 Å². The summed E-state index contributed by atoms with van der Waals surface area (Å²) in [4.78, 5) is 27.0. The first kappa shape index (κ1) is 21.8. The van der Waals surface area contributed by atoms with Crippen molar-refractivity contribution in [2.45, 2.75) is 13.5 Å². The van der Waals surface area contributed by atoms with E-state index in [2.05, 4.69) is 20.7 Å². The van der Waals surface area contributed by atoms with Crippen LogP contribution in [-0.4, -0.2) is 27.1 Å². The lowest BCUT2D eigenvalue weighted by Crippen LogP contribution is -2.25. The predicted octanol–water partition coefficient (Wildman–Crippen LogP) is 3.97. The maximum atomic E-state index is 13.4. The summed E-state index contributed by atoms with van der Waals surface area (Å²) in [6, 6.07) is 16.1. The predicted molar refractivity (Wildman–Crippen MR) is 124 cm³/mol. The van der Waals surface area contributed by atoms with Gasteiger partial charge in [0.15, 0.2) is 0 Å². The van der Waals surface area contributed by atoms with Gasteiger partial charge in [0.05, 0.1) is 24.0 Å². The molecular weight excluding hydrogens is 421 g/mol. The highest BCUT2D eigenvalue weighted by molar-refractivity contribution is 5.95. The maximum absolute atomic E-state index is 13.4. The molecule has 0 saturated heterocycles. The van der Waals surface area contributed by atoms with Crippen molar-refractivity contribution >= 4 is 29.3 Å². The Morgan fingerprint density at radius 2 is 2.03 bits per heavy atom. The molecule has 0 saturated carbocycles. The highest BCUT2D eigenvalue weighted by atomic mass is 19.1. The van der Waals surface area contributed by atoms with E-state index < -0.39 is 0 Å². The number of benzene rings is 2. The van der Waals surface area contributed by atoms with Crippen LogP contribution in [0.15, 0.2) is 84.5 Å². The summed E-state index contributed by atoms with van der Waals surface area (Å²) >= 11 is 0. The van der Waals surface area contributed by atoms with Crippen molar-refractivity contribution in [1.82, 2.24) is 25.4 Å². The molecule has 8 heteroatoms. The second kappa shape index (κ2) is 9.78. The Balaban J connectivity index is 1.50. The summed E-state index contributed by atoms with van der Waals surface area (Å²) in [7, 11) is 0. The molecule has 4 rings (SSSR count). The lowest BCUT2D eigenvalue weighted by Gasteiger charge is -2.09. The lowest BCUT2D eigenvalue weighted by atomic mass is 10.2. The first-order valence-electron chi connectivity index (χ1n) is 10.3. The van der Waals surface area contributed by atoms with Crippen LogP contribution in [0.2, 0.25) is 0 Å². The number of aromatic amines is 1. The maximum Gasteiger partial charge on any atom is 0.258 e. The minimum Gasteiger partial charge on any atom is -0.355 e. The molecule has 0 aliphatic heterocycles. The second-order valence-electron chi connectivity index (χ2n) is 7.46. The summed E-state index contributed by atoms with van der Waals surface area (Å²) in [5, 5.41) is 10.6. The Kier molecular flexibility index (Phi) is 6.45. The Morgan fingerprint density at radius 1 is 1.18 bits per heavy atom. The summed E-state index contributed by atoms with van der Waals surface area (Å²) in [5.74, 6) is -0.712. The van der Waals surface area contributed by atoms with Crippen molar-refractivity contribution in [3.63, 3.8) is 0 Å². The third-order valence-corrected chi connectivity index (χ3v) is 5.04. The molecule has 33 heavy (non-hydrogen) atoms. The van der Waals surface area contributed by atoms with E-state index in [1.165, 1.54) is 18.3 Å². The summed E-state index contributed by atoms with van der Waals surface area (Å²) in [5.41, 5.74) is 3.84. The molecule has 0 bridgehead atoms. The third-order valence-electron chi connectivity index (χ3n) is 5.04. The van der Waals surface area contributed by atoms with E-state index in [0.29, 0.717) is 29.9 Å². The normalized spacial score (nSPS) is 12.1. The number of hydrogen-bond acceptors (Lipinski definition) is 3. The van der Waals surface area contributed by atoms with Crippen LogP contribution in [0.3, 0.4) is 0 Å². The van der Waals surface area contributed by atoms with Crippen LogP contribution in [0.25, 0.3) is 17.0 Å². The van der Waals surface area contributed by atoms with Gasteiger partial charge in [-0.3, -0.25) is 14.3 Å². The number of carbonyl (C=O) groups is 2. The van der Waals surface area contributed by atoms with Crippen LogP contribution in [0.5, 0.6) is 0 Å². The number of nitrogens with one attached hydrogen (secondary N) is 3. The van der Waals surface area contributed by atoms with E-state index in [1.807, 2.05) is 36.4 Å². The monoisotopic (exact) mass is 443 g/mol. The number of carbonyl (C=O) groups excluding carboxylic acids is 2. The molecule has 0 aliphatic rings. The van der Waals surface area contributed by atoms with Gasteiger partial charge in [-0.1, -0.05) is 30.3 Å². The first-order chi connectivity index (χ1) is 16.0. The highest BCUT2D eigenvalue weighted by Gasteiger charge is 2.12. The van der Waals surface area contributed by atoms with Crippen molar-refractivity contribution < 1.29 is 14.0 Å². The SMILES string of the molecule is C/C(NC=O)=C(/C=C/c1cc2ccccc2[nH]1)NC(=O)c1cnn(Cc2cccc(F)c2)c1. The number of aromatic nitrogens is 3. The van der Waals surface area contributed by atoms with Crippen LogP contribution in [-0.2, 0) is 11.3 Å². The molecule has 2 amide bonds. The van der Waals surface area contributed by atoms with Crippen molar-refractivity contribution in [3.05, 3.63) is 107 Å². The van der Waals surface area contributed by atoms with Gasteiger partial charge >= 0.3 is 0 Å². The van der Waals surface area contributed by atoms with Crippen LogP contribution in [0.1, 0.15) is 28.5 Å². The van der Waals surface area contributed by atoms with Crippen LogP contribution in [0.4, 0.5) is 4.39 Å². The molecule has 0 atom stereocenters. The van der Waals surface area contributed by atoms with E-state index in [1.54, 1.807) is 36.0 Å². The number of amides is 2. The van der Waals surface area contributed by atoms with E-state index in [4.69, 9.17) is 0 Å². The Hall–Kier alpha value is -4.46. The van der Waals surface area contributed by atoms with Gasteiger partial charge < -0.3 is 15.6 Å². The number of fused-ring (bicyclic) bond motifs is 1. The molecule has 0 spiro atoms. The van der Waals surface area contributed by atoms with E-state index in [9.17, 15) is 14.0 Å². The summed E-state index contributed by atoms with van der Waals surface area (Å²) in [6.45, 7) is 2.02. The fourth-order valence-corrected chi connectivity index (χ4v) is 3.37. The van der Waals surface area contributed by atoms with Gasteiger partial charge in [-0.25, -0.2) is 4.39 Å². The minimum absolute atomic E-state index is 0.327. The van der Waals surface area contributed by atoms with Crippen molar-refractivity contribution in [2.75, 3.05) is 0 Å². The number of allylic oxidation sites excluding steroid dienone is 2. The molecule has 4 aromatic rings. The Bertz CT molecular complexity index is 1330. The largest absolute Gasteiger partial charge is 0.355 e. The van der Waals surface area contributed by atoms with Crippen molar-refractivity contribution in [1.29, 1.82) is 0 Å². The van der Waals surface area contributed by atoms with Gasteiger partial charge in [0.25, 0.3) is 5.91 Å². The van der Waals surface area contributed by atoms with Gasteiger partial charge in [-0.2, -0.15) is 5.10 Å². The first-order valence-corrected chi connectivity index (χ1v) is 10.3. The summed E-state index contributed by atoms with van der Waals surface area (Å²) in [6.07, 6.45) is 7.11. The van der Waals surface area contributed by atoms with E-state index in [-0.39, 0.29) is 11.7 Å². The zero-order chi connectivity index (χ0) is 23.2. The molecule has 0 unspecified atom stereocenters. The van der Waals surface area contributed by atoms with Crippen molar-refractivity contribution in [2.24, 2.45) is 0 Å². The molecule has 0 radical (unpaired) electrons. The lowest BCUT2D eigenvalue weighted by molar-refractivity contribution is -0.108. The molecule has 0 fully saturated rings. The van der Waals surface area contributed by atoms with Gasteiger partial charge in [-0.05, 0) is 54.3 Å². The second-order valence-corrected chi connectivity index (χ2v) is 7.46. The van der Waals surface area contributed by atoms with E-state index in [0.717, 1.165) is 22.2 Å². The van der Waals surface area contributed by atoms with Gasteiger partial charge in [0.1, 0.15) is 5.82 Å². The number of halogens is 1. The third kappa shape index (κ3) is 5.43. The molecular formula is C25H22FN5O2. The quantitative estimate of drug-likeness (QED) is 0.284.